The highest BCUT2D eigenvalue weighted by molar-refractivity contribution is 6.17. The number of pyridine rings is 1. The van der Waals surface area contributed by atoms with Gasteiger partial charge in [0.25, 0.3) is 5.91 Å². The number of carbonyl (C=O) groups is 4. The van der Waals surface area contributed by atoms with E-state index in [1.807, 2.05) is 30.3 Å². The number of allylic oxidation sites excluding steroid dienone is 1. The molecule has 368 valence electrons. The number of halogens is 1. The summed E-state index contributed by atoms with van der Waals surface area (Å²) in [5.41, 5.74) is 5.27. The largest absolute Gasteiger partial charge is 0.495 e. The van der Waals surface area contributed by atoms with Crippen molar-refractivity contribution in [2.45, 2.75) is 69.5 Å². The fourth-order valence-electron chi connectivity index (χ4n) is 11.5. The molecule has 6 aliphatic rings. The SMILES string of the molecule is C=C1CCC(N2Cc3c(NCCN4CCN(C5(C6CCN(c7cc8nccc(Oc9ccc(NC(=O)C%10(C(=O)Nc%11ccc(F)cc%11)CC%10)cc9)c8cc7OC)CC6)CC5)CC4)cccc3C2=O)C(=O)N1. The van der Waals surface area contributed by atoms with Crippen LogP contribution in [0.25, 0.3) is 10.9 Å². The summed E-state index contributed by atoms with van der Waals surface area (Å²) in [5, 5.41) is 12.9. The molecule has 1 atom stereocenters. The highest BCUT2D eigenvalue weighted by Gasteiger charge is 2.57. The number of methoxy groups -OCH3 is 1. The number of nitrogens with one attached hydrogen (secondary N) is 4. The Morgan fingerprint density at radius 1 is 0.845 bits per heavy atom. The van der Waals surface area contributed by atoms with Gasteiger partial charge in [0.15, 0.2) is 0 Å². The quantitative estimate of drug-likeness (QED) is 0.0760. The molecule has 4 aliphatic heterocycles. The summed E-state index contributed by atoms with van der Waals surface area (Å²) in [6.07, 6.45) is 8.63. The monoisotopic (exact) mass is 961 g/mol. The smallest absolute Gasteiger partial charge is 0.255 e. The minimum Gasteiger partial charge on any atom is -0.495 e. The van der Waals surface area contributed by atoms with E-state index < -0.39 is 23.2 Å². The Balaban J connectivity index is 0.659. The molecule has 1 aromatic heterocycles. The zero-order chi connectivity index (χ0) is 48.9. The Morgan fingerprint density at radius 3 is 2.21 bits per heavy atom. The fraction of sp³-hybridized carbons (Fsp3) is 0.400. The van der Waals surface area contributed by atoms with Gasteiger partial charge in [-0.2, -0.15) is 0 Å². The predicted octanol–water partition coefficient (Wildman–Crippen LogP) is 7.76. The third-order valence-corrected chi connectivity index (χ3v) is 15.9. The van der Waals surface area contributed by atoms with Crippen molar-refractivity contribution in [2.24, 2.45) is 11.3 Å². The number of benzene rings is 4. The maximum atomic E-state index is 13.4. The second kappa shape index (κ2) is 18.9. The van der Waals surface area contributed by atoms with E-state index in [-0.39, 0.29) is 23.3 Å². The van der Waals surface area contributed by atoms with Crippen molar-refractivity contribution in [3.05, 3.63) is 120 Å². The Hall–Kier alpha value is -7.04. The topological polar surface area (TPSA) is 161 Å². The van der Waals surface area contributed by atoms with Crippen molar-refractivity contribution in [2.75, 3.05) is 80.3 Å². The van der Waals surface area contributed by atoms with Crippen molar-refractivity contribution in [3.8, 4) is 17.2 Å². The summed E-state index contributed by atoms with van der Waals surface area (Å²) in [6, 6.07) is 23.8. The van der Waals surface area contributed by atoms with Crippen molar-refractivity contribution >= 4 is 57.3 Å². The van der Waals surface area contributed by atoms with Crippen LogP contribution in [0.15, 0.2) is 103 Å². The van der Waals surface area contributed by atoms with Gasteiger partial charge in [-0.25, -0.2) is 4.39 Å². The number of ether oxygens (including phenoxy) is 2. The normalized spacial score (nSPS) is 20.8. The second-order valence-corrected chi connectivity index (χ2v) is 20.0. The van der Waals surface area contributed by atoms with E-state index in [4.69, 9.17) is 14.5 Å². The highest BCUT2D eigenvalue weighted by Crippen LogP contribution is 2.52. The third kappa shape index (κ3) is 9.14. The molecule has 4 N–H and O–H groups in total. The van der Waals surface area contributed by atoms with Gasteiger partial charge in [-0.3, -0.25) is 34.0 Å². The molecule has 4 aromatic carbocycles. The predicted molar refractivity (Wildman–Crippen MR) is 270 cm³/mol. The average Bonchev–Trinajstić information content (AvgIpc) is 4.33. The summed E-state index contributed by atoms with van der Waals surface area (Å²) < 4.78 is 25.8. The summed E-state index contributed by atoms with van der Waals surface area (Å²) in [5.74, 6) is 1.18. The molecule has 5 fully saturated rings. The van der Waals surface area contributed by atoms with Crippen molar-refractivity contribution in [1.29, 1.82) is 0 Å². The van der Waals surface area contributed by atoms with E-state index in [0.717, 1.165) is 98.8 Å². The van der Waals surface area contributed by atoms with E-state index in [9.17, 15) is 23.6 Å². The second-order valence-electron chi connectivity index (χ2n) is 20.0. The molecular weight excluding hydrogens is 902 g/mol. The van der Waals surface area contributed by atoms with Crippen LogP contribution >= 0.6 is 0 Å². The molecule has 1 unspecified atom stereocenters. The Labute approximate surface area is 412 Å². The maximum absolute atomic E-state index is 13.4. The zero-order valence-electron chi connectivity index (χ0n) is 40.1. The highest BCUT2D eigenvalue weighted by atomic mass is 19.1. The van der Waals surface area contributed by atoms with E-state index in [2.05, 4.69) is 48.6 Å². The average molecular weight is 962 g/mol. The number of anilines is 4. The van der Waals surface area contributed by atoms with Crippen LogP contribution in [0.3, 0.4) is 0 Å². The molecule has 5 aromatic rings. The lowest BCUT2D eigenvalue weighted by Crippen LogP contribution is -2.55. The summed E-state index contributed by atoms with van der Waals surface area (Å²) in [7, 11) is 1.70. The molecule has 15 nitrogen and oxygen atoms in total. The minimum atomic E-state index is -1.17. The molecule has 4 amide bonds. The van der Waals surface area contributed by atoms with E-state index in [1.54, 1.807) is 42.5 Å². The molecule has 11 rings (SSSR count). The molecule has 71 heavy (non-hydrogen) atoms. The molecule has 5 heterocycles. The van der Waals surface area contributed by atoms with Gasteiger partial charge in [-0.05, 0) is 136 Å². The summed E-state index contributed by atoms with van der Waals surface area (Å²) >= 11 is 0. The van der Waals surface area contributed by atoms with Crippen molar-refractivity contribution in [3.63, 3.8) is 0 Å². The van der Waals surface area contributed by atoms with Gasteiger partial charge in [-0.1, -0.05) is 12.6 Å². The van der Waals surface area contributed by atoms with Crippen LogP contribution in [-0.4, -0.2) is 114 Å². The number of rotatable bonds is 15. The number of piperidine rings is 2. The number of aromatic nitrogens is 1. The van der Waals surface area contributed by atoms with Gasteiger partial charge in [0.2, 0.25) is 17.7 Å². The first-order valence-corrected chi connectivity index (χ1v) is 25.0. The van der Waals surface area contributed by atoms with Crippen molar-refractivity contribution < 1.29 is 33.0 Å². The molecular formula is C55H60FN9O6. The van der Waals surface area contributed by atoms with Crippen molar-refractivity contribution in [1.82, 2.24) is 25.0 Å². The maximum Gasteiger partial charge on any atom is 0.255 e. The van der Waals surface area contributed by atoms with Gasteiger partial charge in [0.05, 0.1) is 18.3 Å². The van der Waals surface area contributed by atoms with Gasteiger partial charge in [0, 0.05) is 110 Å². The third-order valence-electron chi connectivity index (χ3n) is 15.9. The lowest BCUT2D eigenvalue weighted by Gasteiger charge is -2.46. The van der Waals surface area contributed by atoms with Gasteiger partial charge in [-0.15, -0.1) is 0 Å². The van der Waals surface area contributed by atoms with Crippen LogP contribution in [0.4, 0.5) is 27.1 Å². The molecule has 3 saturated heterocycles. The lowest BCUT2D eigenvalue weighted by atomic mass is 9.85. The van der Waals surface area contributed by atoms with Crippen LogP contribution < -0.4 is 35.6 Å². The van der Waals surface area contributed by atoms with Gasteiger partial charge >= 0.3 is 0 Å². The number of fused-ring (bicyclic) bond motifs is 2. The van der Waals surface area contributed by atoms with Crippen LogP contribution in [0.1, 0.15) is 67.3 Å². The van der Waals surface area contributed by atoms with E-state index in [1.165, 1.54) is 37.1 Å². The zero-order valence-corrected chi connectivity index (χ0v) is 40.1. The number of carbonyl (C=O) groups excluding carboxylic acids is 4. The number of hydrogen-bond donors (Lipinski definition) is 4. The number of amides is 4. The molecule has 0 bridgehead atoms. The minimum absolute atomic E-state index is 0.0773. The standard InChI is InChI=1S/C55H60FN9O6/c1-35-6-15-46(50(66)59-35)65-34-43-41(51(65)67)4-3-5-44(43)58-24-27-62-28-30-64(31-29-62)55(21-22-55)36-17-25-63(26-18-36)47-33-45-42(32-49(47)70-2)48(16-23-57-45)71-40-13-11-39(12-14-40)61-53(69)54(19-20-54)52(68)60-38-9-7-37(56)8-10-38/h3-5,7-14,16,23,32-33,36,46,58H,1,6,15,17-22,24-31,34H2,2H3,(H,59,66)(H,60,68)(H,61,69). The Kier molecular flexibility index (Phi) is 12.4. The lowest BCUT2D eigenvalue weighted by molar-refractivity contribution is -0.131. The van der Waals surface area contributed by atoms with Crippen LogP contribution in [0, 0.1) is 17.2 Å². The first-order valence-electron chi connectivity index (χ1n) is 25.0. The number of piperazine rings is 1. The fourth-order valence-corrected chi connectivity index (χ4v) is 11.5. The van der Waals surface area contributed by atoms with Crippen LogP contribution in [0.2, 0.25) is 0 Å². The molecule has 0 radical (unpaired) electrons. The molecule has 2 aliphatic carbocycles. The molecule has 16 heteroatoms. The number of hydrogen-bond acceptors (Lipinski definition) is 11. The first kappa shape index (κ1) is 46.3. The van der Waals surface area contributed by atoms with E-state index >= 15 is 0 Å². The molecule has 0 spiro atoms. The summed E-state index contributed by atoms with van der Waals surface area (Å²) in [4.78, 5) is 66.6. The van der Waals surface area contributed by atoms with Crippen LogP contribution in [0.5, 0.6) is 17.2 Å². The summed E-state index contributed by atoms with van der Waals surface area (Å²) in [6.45, 7) is 12.1. The first-order chi connectivity index (χ1) is 34.5. The Morgan fingerprint density at radius 2 is 1.55 bits per heavy atom. The van der Waals surface area contributed by atoms with Gasteiger partial charge in [0.1, 0.15) is 34.5 Å². The molecule has 2 saturated carbocycles. The Bertz CT molecular complexity index is 2890. The number of nitrogens with zero attached hydrogens (tertiary/aromatic N) is 5. The van der Waals surface area contributed by atoms with Crippen LogP contribution in [-0.2, 0) is 20.9 Å². The van der Waals surface area contributed by atoms with E-state index in [0.29, 0.717) is 72.3 Å². The van der Waals surface area contributed by atoms with Gasteiger partial charge < -0.3 is 40.5 Å².